The maximum atomic E-state index is 13.0. The molecule has 0 aliphatic rings. The molecule has 140 valence electrons. The molecule has 0 bridgehead atoms. The molecule has 5 nitrogen and oxygen atoms in total. The van der Waals surface area contributed by atoms with Crippen molar-refractivity contribution in [3.63, 3.8) is 0 Å². The van der Waals surface area contributed by atoms with Crippen molar-refractivity contribution in [2.24, 2.45) is 5.10 Å². The topological polar surface area (TPSA) is 56.5 Å². The van der Waals surface area contributed by atoms with Gasteiger partial charge in [-0.3, -0.25) is 4.79 Å². The van der Waals surface area contributed by atoms with Gasteiger partial charge >= 0.3 is 0 Å². The molecule has 3 aromatic rings. The Morgan fingerprint density at radius 3 is 2.78 bits per heavy atom. The SMILES string of the molecule is CCCc1nc2ccc(Br)cc2c(=O)n1N=Cc1ccc(OCC)c(I)c1. The van der Waals surface area contributed by atoms with Gasteiger partial charge < -0.3 is 4.74 Å². The molecule has 1 aromatic heterocycles. The first-order valence-corrected chi connectivity index (χ1v) is 10.6. The summed E-state index contributed by atoms with van der Waals surface area (Å²) < 4.78 is 8.81. The number of fused-ring (bicyclic) bond motifs is 1. The van der Waals surface area contributed by atoms with Crippen LogP contribution in [0.4, 0.5) is 0 Å². The Morgan fingerprint density at radius 2 is 2.07 bits per heavy atom. The van der Waals surface area contributed by atoms with Crippen LogP contribution in [0.15, 0.2) is 50.8 Å². The average molecular weight is 540 g/mol. The van der Waals surface area contributed by atoms with Crippen LogP contribution in [0.25, 0.3) is 10.9 Å². The molecule has 0 fully saturated rings. The Labute approximate surface area is 179 Å². The van der Waals surface area contributed by atoms with Crippen molar-refractivity contribution in [1.29, 1.82) is 0 Å². The lowest BCUT2D eigenvalue weighted by Crippen LogP contribution is -2.22. The fourth-order valence-electron chi connectivity index (χ4n) is 2.69. The predicted octanol–water partition coefficient (Wildman–Crippen LogP) is 5.00. The Kier molecular flexibility index (Phi) is 6.64. The molecule has 0 radical (unpaired) electrons. The maximum Gasteiger partial charge on any atom is 0.282 e. The van der Waals surface area contributed by atoms with E-state index in [4.69, 9.17) is 4.74 Å². The monoisotopic (exact) mass is 539 g/mol. The summed E-state index contributed by atoms with van der Waals surface area (Å²) >= 11 is 5.65. The zero-order valence-corrected chi connectivity index (χ0v) is 18.8. The predicted molar refractivity (Wildman–Crippen MR) is 121 cm³/mol. The Morgan fingerprint density at radius 1 is 1.26 bits per heavy atom. The average Bonchev–Trinajstić information content (AvgIpc) is 2.64. The summed E-state index contributed by atoms with van der Waals surface area (Å²) in [5.74, 6) is 1.51. The first-order chi connectivity index (χ1) is 13.0. The molecule has 0 N–H and O–H groups in total. The van der Waals surface area contributed by atoms with Crippen molar-refractivity contribution >= 4 is 55.6 Å². The van der Waals surface area contributed by atoms with Gasteiger partial charge in [0.25, 0.3) is 5.56 Å². The van der Waals surface area contributed by atoms with Crippen molar-refractivity contribution in [2.75, 3.05) is 6.61 Å². The van der Waals surface area contributed by atoms with E-state index in [9.17, 15) is 4.79 Å². The lowest BCUT2D eigenvalue weighted by molar-refractivity contribution is 0.338. The summed E-state index contributed by atoms with van der Waals surface area (Å²) in [7, 11) is 0. The van der Waals surface area contributed by atoms with E-state index in [1.807, 2.05) is 37.3 Å². The van der Waals surface area contributed by atoms with Gasteiger partial charge in [0.05, 0.1) is 27.3 Å². The van der Waals surface area contributed by atoms with E-state index >= 15 is 0 Å². The summed E-state index contributed by atoms with van der Waals surface area (Å²) in [5.41, 5.74) is 1.42. The van der Waals surface area contributed by atoms with Crippen LogP contribution in [-0.4, -0.2) is 22.5 Å². The molecule has 0 amide bonds. The molecule has 27 heavy (non-hydrogen) atoms. The molecule has 0 saturated carbocycles. The van der Waals surface area contributed by atoms with Crippen molar-refractivity contribution in [3.05, 3.63) is 66.2 Å². The standard InChI is InChI=1S/C20H19BrIN3O2/c1-3-5-19-24-17-8-7-14(21)11-15(17)20(26)25(19)23-12-13-6-9-18(27-4-2)16(22)10-13/h6-12H,3-5H2,1-2H3. The van der Waals surface area contributed by atoms with Crippen LogP contribution >= 0.6 is 38.5 Å². The van der Waals surface area contributed by atoms with Crippen LogP contribution in [0, 0.1) is 3.57 Å². The number of hydrogen-bond donors (Lipinski definition) is 0. The van der Waals surface area contributed by atoms with Crippen molar-refractivity contribution < 1.29 is 4.74 Å². The van der Waals surface area contributed by atoms with Gasteiger partial charge in [0, 0.05) is 10.9 Å². The number of rotatable bonds is 6. The molecule has 0 spiro atoms. The molecular formula is C20H19BrIN3O2. The third-order valence-electron chi connectivity index (χ3n) is 3.93. The number of ether oxygens (including phenoxy) is 1. The van der Waals surface area contributed by atoms with Gasteiger partial charge in [-0.15, -0.1) is 0 Å². The van der Waals surface area contributed by atoms with E-state index in [0.29, 0.717) is 29.8 Å². The largest absolute Gasteiger partial charge is 0.493 e. The Hall–Kier alpha value is -1.74. The normalized spacial score (nSPS) is 11.4. The van der Waals surface area contributed by atoms with Crippen LogP contribution in [0.2, 0.25) is 0 Å². The summed E-state index contributed by atoms with van der Waals surface area (Å²) in [6, 6.07) is 11.3. The number of hydrogen-bond acceptors (Lipinski definition) is 4. The number of aromatic nitrogens is 2. The van der Waals surface area contributed by atoms with Crippen LogP contribution in [0.3, 0.4) is 0 Å². The molecule has 7 heteroatoms. The minimum atomic E-state index is -0.165. The second-order valence-electron chi connectivity index (χ2n) is 5.92. The molecule has 0 saturated heterocycles. The van der Waals surface area contributed by atoms with Crippen molar-refractivity contribution in [2.45, 2.75) is 26.7 Å². The van der Waals surface area contributed by atoms with Gasteiger partial charge in [-0.05, 0) is 77.9 Å². The van der Waals surface area contributed by atoms with Gasteiger partial charge in [-0.25, -0.2) is 4.98 Å². The van der Waals surface area contributed by atoms with Crippen LogP contribution in [-0.2, 0) is 6.42 Å². The lowest BCUT2D eigenvalue weighted by Gasteiger charge is -2.09. The Balaban J connectivity index is 2.06. The van der Waals surface area contributed by atoms with Gasteiger partial charge in [0.15, 0.2) is 0 Å². The molecule has 3 rings (SSSR count). The first kappa shape index (κ1) is 20.0. The molecular weight excluding hydrogens is 521 g/mol. The maximum absolute atomic E-state index is 13.0. The number of aryl methyl sites for hydroxylation is 1. The van der Waals surface area contributed by atoms with E-state index < -0.39 is 0 Å². The third kappa shape index (κ3) is 4.57. The summed E-state index contributed by atoms with van der Waals surface area (Å²) in [6.07, 6.45) is 3.24. The van der Waals surface area contributed by atoms with Gasteiger partial charge in [0.1, 0.15) is 11.6 Å². The third-order valence-corrected chi connectivity index (χ3v) is 5.26. The van der Waals surface area contributed by atoms with E-state index in [1.54, 1.807) is 12.3 Å². The highest BCUT2D eigenvalue weighted by atomic mass is 127. The highest BCUT2D eigenvalue weighted by molar-refractivity contribution is 14.1. The minimum Gasteiger partial charge on any atom is -0.493 e. The first-order valence-electron chi connectivity index (χ1n) is 8.71. The smallest absolute Gasteiger partial charge is 0.282 e. The molecule has 0 aliphatic heterocycles. The highest BCUT2D eigenvalue weighted by Gasteiger charge is 2.10. The molecule has 2 aromatic carbocycles. The van der Waals surface area contributed by atoms with Crippen molar-refractivity contribution in [1.82, 2.24) is 9.66 Å². The molecule has 1 heterocycles. The molecule has 0 atom stereocenters. The zero-order valence-electron chi connectivity index (χ0n) is 15.1. The fraction of sp³-hybridized carbons (Fsp3) is 0.250. The zero-order chi connectivity index (χ0) is 19.4. The van der Waals surface area contributed by atoms with Crippen LogP contribution in [0.1, 0.15) is 31.7 Å². The summed E-state index contributed by atoms with van der Waals surface area (Å²) in [5, 5.41) is 4.99. The quantitative estimate of drug-likeness (QED) is 0.327. The van der Waals surface area contributed by atoms with E-state index in [0.717, 1.165) is 25.8 Å². The molecule has 0 aliphatic carbocycles. The molecule has 0 unspecified atom stereocenters. The highest BCUT2D eigenvalue weighted by Crippen LogP contribution is 2.21. The number of benzene rings is 2. The second-order valence-corrected chi connectivity index (χ2v) is 8.00. The van der Waals surface area contributed by atoms with Crippen LogP contribution < -0.4 is 10.3 Å². The lowest BCUT2D eigenvalue weighted by atomic mass is 10.2. The fourth-order valence-corrected chi connectivity index (χ4v) is 3.75. The minimum absolute atomic E-state index is 0.165. The number of nitrogens with zero attached hydrogens (tertiary/aromatic N) is 3. The van der Waals surface area contributed by atoms with Gasteiger partial charge in [-0.1, -0.05) is 22.9 Å². The summed E-state index contributed by atoms with van der Waals surface area (Å²) in [6.45, 7) is 4.64. The van der Waals surface area contributed by atoms with Gasteiger partial charge in [-0.2, -0.15) is 9.78 Å². The van der Waals surface area contributed by atoms with E-state index in [2.05, 4.69) is 55.5 Å². The number of halogens is 2. The summed E-state index contributed by atoms with van der Waals surface area (Å²) in [4.78, 5) is 17.6. The second kappa shape index (κ2) is 8.97. The van der Waals surface area contributed by atoms with E-state index in [-0.39, 0.29) is 5.56 Å². The van der Waals surface area contributed by atoms with Crippen molar-refractivity contribution in [3.8, 4) is 5.75 Å². The van der Waals surface area contributed by atoms with Gasteiger partial charge in [0.2, 0.25) is 0 Å². The van der Waals surface area contributed by atoms with Crippen LogP contribution in [0.5, 0.6) is 5.75 Å². The Bertz CT molecular complexity index is 1060. The van der Waals surface area contributed by atoms with E-state index in [1.165, 1.54) is 4.68 Å².